The summed E-state index contributed by atoms with van der Waals surface area (Å²) in [5.74, 6) is -0.361. The van der Waals surface area contributed by atoms with Gasteiger partial charge in [-0.1, -0.05) is 0 Å². The Morgan fingerprint density at radius 3 is 2.82 bits per heavy atom. The quantitative estimate of drug-likeness (QED) is 0.290. The fourth-order valence-corrected chi connectivity index (χ4v) is 2.59. The second kappa shape index (κ2) is 6.87. The second-order valence-corrected chi connectivity index (χ2v) is 5.73. The van der Waals surface area contributed by atoms with Crippen LogP contribution in [0.5, 0.6) is 0 Å². The van der Waals surface area contributed by atoms with E-state index in [9.17, 15) is 14.9 Å². The smallest absolute Gasteiger partial charge is 0.344 e. The maximum absolute atomic E-state index is 12.4. The third-order valence-corrected chi connectivity index (χ3v) is 3.89. The Hall–Kier alpha value is -4.15. The Morgan fingerprint density at radius 2 is 2.07 bits per heavy atom. The third kappa shape index (κ3) is 3.16. The number of benzene rings is 1. The van der Waals surface area contributed by atoms with Crippen molar-refractivity contribution in [3.63, 3.8) is 0 Å². The number of hydrogen-bond acceptors (Lipinski definition) is 9. The average Bonchev–Trinajstić information content (AvgIpc) is 3.30. The standard InChI is InChI=1S/C17H12N6O5/c1-10-14(15-18-7-2-8-22(15)21-10)17(24)27-9-13-19-20-16(28-13)11-3-5-12(6-4-11)23(25)26/h2-8H,9H2,1H3. The van der Waals surface area contributed by atoms with E-state index in [2.05, 4.69) is 20.3 Å². The van der Waals surface area contributed by atoms with Gasteiger partial charge in [-0.15, -0.1) is 10.2 Å². The summed E-state index contributed by atoms with van der Waals surface area (Å²) in [4.78, 5) is 26.8. The molecule has 11 nitrogen and oxygen atoms in total. The molecule has 0 saturated heterocycles. The van der Waals surface area contributed by atoms with Crippen molar-refractivity contribution in [2.75, 3.05) is 0 Å². The van der Waals surface area contributed by atoms with Gasteiger partial charge in [0, 0.05) is 30.1 Å². The van der Waals surface area contributed by atoms with Crippen molar-refractivity contribution in [2.24, 2.45) is 0 Å². The highest BCUT2D eigenvalue weighted by molar-refractivity contribution is 5.97. The normalized spacial score (nSPS) is 10.9. The maximum atomic E-state index is 12.4. The Kier molecular flexibility index (Phi) is 4.24. The molecule has 0 bridgehead atoms. The van der Waals surface area contributed by atoms with Crippen LogP contribution in [0.25, 0.3) is 17.1 Å². The highest BCUT2D eigenvalue weighted by Crippen LogP contribution is 2.22. The number of rotatable bonds is 5. The number of hydrogen-bond donors (Lipinski definition) is 0. The lowest BCUT2D eigenvalue weighted by atomic mass is 10.2. The van der Waals surface area contributed by atoms with Gasteiger partial charge >= 0.3 is 5.97 Å². The van der Waals surface area contributed by atoms with Crippen molar-refractivity contribution >= 4 is 17.3 Å². The Bertz CT molecular complexity index is 1180. The highest BCUT2D eigenvalue weighted by Gasteiger charge is 2.20. The van der Waals surface area contributed by atoms with E-state index in [1.54, 1.807) is 25.4 Å². The molecule has 0 aliphatic heterocycles. The molecule has 11 heteroatoms. The highest BCUT2D eigenvalue weighted by atomic mass is 16.6. The molecule has 4 aromatic rings. The van der Waals surface area contributed by atoms with Crippen LogP contribution >= 0.6 is 0 Å². The van der Waals surface area contributed by atoms with Crippen molar-refractivity contribution < 1.29 is 18.9 Å². The number of non-ortho nitro benzene ring substituents is 1. The minimum atomic E-state index is -0.610. The zero-order valence-corrected chi connectivity index (χ0v) is 14.5. The van der Waals surface area contributed by atoms with Crippen LogP contribution in [-0.4, -0.2) is 35.7 Å². The first kappa shape index (κ1) is 17.3. The summed E-state index contributed by atoms with van der Waals surface area (Å²) in [7, 11) is 0. The summed E-state index contributed by atoms with van der Waals surface area (Å²) < 4.78 is 12.2. The number of aryl methyl sites for hydroxylation is 1. The van der Waals surface area contributed by atoms with E-state index in [1.807, 2.05) is 0 Å². The number of carbonyl (C=O) groups is 1. The molecule has 0 aliphatic carbocycles. The summed E-state index contributed by atoms with van der Waals surface area (Å²) in [6.07, 6.45) is 3.24. The lowest BCUT2D eigenvalue weighted by Crippen LogP contribution is -2.07. The zero-order chi connectivity index (χ0) is 19.7. The number of nitro groups is 1. The van der Waals surface area contributed by atoms with Crippen LogP contribution in [0.1, 0.15) is 21.9 Å². The average molecular weight is 380 g/mol. The Labute approximate surface area is 156 Å². The van der Waals surface area contributed by atoms with E-state index >= 15 is 0 Å². The van der Waals surface area contributed by atoms with Crippen molar-refractivity contribution in [1.29, 1.82) is 0 Å². The van der Waals surface area contributed by atoms with Gasteiger partial charge in [0.1, 0.15) is 5.56 Å². The van der Waals surface area contributed by atoms with Crippen molar-refractivity contribution in [3.8, 4) is 11.5 Å². The molecule has 4 rings (SSSR count). The number of nitro benzene ring substituents is 1. The van der Waals surface area contributed by atoms with Gasteiger partial charge in [0.05, 0.1) is 10.6 Å². The molecule has 0 saturated carbocycles. The Morgan fingerprint density at radius 1 is 1.29 bits per heavy atom. The summed E-state index contributed by atoms with van der Waals surface area (Å²) in [6, 6.07) is 7.36. The van der Waals surface area contributed by atoms with Crippen molar-refractivity contribution in [3.05, 3.63) is 70.0 Å². The minimum Gasteiger partial charge on any atom is -0.452 e. The van der Waals surface area contributed by atoms with Gasteiger partial charge in [0.25, 0.3) is 11.6 Å². The van der Waals surface area contributed by atoms with E-state index in [0.29, 0.717) is 16.9 Å². The molecular formula is C17H12N6O5. The summed E-state index contributed by atoms with van der Waals surface area (Å²) in [6.45, 7) is 1.45. The molecule has 0 fully saturated rings. The van der Waals surface area contributed by atoms with Crippen LogP contribution in [0.4, 0.5) is 5.69 Å². The number of ether oxygens (including phenoxy) is 1. The molecule has 0 atom stereocenters. The van der Waals surface area contributed by atoms with Crippen LogP contribution < -0.4 is 0 Å². The molecule has 140 valence electrons. The van der Waals surface area contributed by atoms with Gasteiger partial charge < -0.3 is 9.15 Å². The SMILES string of the molecule is Cc1nn2cccnc2c1C(=O)OCc1nnc(-c2ccc([N+](=O)[O-])cc2)o1. The van der Waals surface area contributed by atoms with E-state index in [4.69, 9.17) is 9.15 Å². The first-order valence-electron chi connectivity index (χ1n) is 8.07. The summed E-state index contributed by atoms with van der Waals surface area (Å²) in [5, 5.41) is 22.6. The number of nitrogens with zero attached hydrogens (tertiary/aromatic N) is 6. The second-order valence-electron chi connectivity index (χ2n) is 5.73. The largest absolute Gasteiger partial charge is 0.452 e. The van der Waals surface area contributed by atoms with E-state index in [0.717, 1.165) is 0 Å². The van der Waals surface area contributed by atoms with E-state index in [-0.39, 0.29) is 29.6 Å². The molecule has 0 N–H and O–H groups in total. The molecule has 0 amide bonds. The van der Waals surface area contributed by atoms with Gasteiger partial charge in [-0.2, -0.15) is 5.10 Å². The van der Waals surface area contributed by atoms with Crippen LogP contribution in [0.2, 0.25) is 0 Å². The number of carbonyl (C=O) groups excluding carboxylic acids is 1. The fraction of sp³-hybridized carbons (Fsp3) is 0.118. The predicted molar refractivity (Wildman–Crippen MR) is 93.2 cm³/mol. The van der Waals surface area contributed by atoms with Gasteiger partial charge in [0.2, 0.25) is 5.89 Å². The lowest BCUT2D eigenvalue weighted by molar-refractivity contribution is -0.384. The summed E-state index contributed by atoms with van der Waals surface area (Å²) in [5.41, 5.74) is 1.60. The maximum Gasteiger partial charge on any atom is 0.344 e. The number of esters is 1. The molecule has 1 aromatic carbocycles. The van der Waals surface area contributed by atoms with Gasteiger partial charge in [0.15, 0.2) is 12.3 Å². The molecule has 0 spiro atoms. The Balaban J connectivity index is 1.47. The van der Waals surface area contributed by atoms with Crippen LogP contribution in [-0.2, 0) is 11.3 Å². The molecule has 28 heavy (non-hydrogen) atoms. The molecule has 0 radical (unpaired) electrons. The first-order valence-corrected chi connectivity index (χ1v) is 8.07. The van der Waals surface area contributed by atoms with Crippen molar-refractivity contribution in [1.82, 2.24) is 24.8 Å². The predicted octanol–water partition coefficient (Wildman–Crippen LogP) is 2.35. The summed E-state index contributed by atoms with van der Waals surface area (Å²) >= 11 is 0. The topological polar surface area (TPSA) is 139 Å². The van der Waals surface area contributed by atoms with Crippen LogP contribution in [0.3, 0.4) is 0 Å². The lowest BCUT2D eigenvalue weighted by Gasteiger charge is -2.01. The molecular weight excluding hydrogens is 368 g/mol. The monoisotopic (exact) mass is 380 g/mol. The van der Waals surface area contributed by atoms with E-state index in [1.165, 1.54) is 28.8 Å². The van der Waals surface area contributed by atoms with Gasteiger partial charge in [-0.05, 0) is 25.1 Å². The zero-order valence-electron chi connectivity index (χ0n) is 14.5. The van der Waals surface area contributed by atoms with Gasteiger partial charge in [-0.3, -0.25) is 10.1 Å². The van der Waals surface area contributed by atoms with Crippen molar-refractivity contribution in [2.45, 2.75) is 13.5 Å². The minimum absolute atomic E-state index is 0.0465. The first-order chi connectivity index (χ1) is 13.5. The third-order valence-electron chi connectivity index (χ3n) is 3.89. The molecule has 0 aliphatic rings. The van der Waals surface area contributed by atoms with Crippen LogP contribution in [0.15, 0.2) is 47.1 Å². The molecule has 3 heterocycles. The molecule has 3 aromatic heterocycles. The molecule has 0 unspecified atom stereocenters. The number of aromatic nitrogens is 5. The van der Waals surface area contributed by atoms with Gasteiger partial charge in [-0.25, -0.2) is 14.3 Å². The van der Waals surface area contributed by atoms with E-state index < -0.39 is 10.9 Å². The van der Waals surface area contributed by atoms with Crippen LogP contribution in [0, 0.1) is 17.0 Å². The number of fused-ring (bicyclic) bond motifs is 1. The fourth-order valence-electron chi connectivity index (χ4n) is 2.59.